The van der Waals surface area contributed by atoms with Crippen LogP contribution >= 0.6 is 0 Å². The molecule has 0 fully saturated rings. The molecule has 0 amide bonds. The van der Waals surface area contributed by atoms with E-state index in [0.29, 0.717) is 12.1 Å². The monoisotopic (exact) mass is 235 g/mol. The summed E-state index contributed by atoms with van der Waals surface area (Å²) >= 11 is 0. The zero-order chi connectivity index (χ0) is 13.1. The molecular formula is C14H32LiN2-. The molecule has 17 heavy (non-hydrogen) atoms. The normalized spacial score (nSPS) is 10.6. The Bertz CT molecular complexity index is 120. The molecule has 0 unspecified atom stereocenters. The fourth-order valence-electron chi connectivity index (χ4n) is 1.19. The Labute approximate surface area is 122 Å². The molecule has 0 aromatic carbocycles. The molecule has 0 spiro atoms. The van der Waals surface area contributed by atoms with Crippen molar-refractivity contribution in [2.24, 2.45) is 11.8 Å². The minimum Gasteiger partial charge on any atom is -0.662 e. The Morgan fingerprint density at radius 1 is 0.647 bits per heavy atom. The van der Waals surface area contributed by atoms with Crippen LogP contribution in [0.4, 0.5) is 0 Å². The van der Waals surface area contributed by atoms with Crippen LogP contribution < -0.4 is 18.9 Å². The molecule has 100 valence electrons. The van der Waals surface area contributed by atoms with Crippen molar-refractivity contribution in [1.82, 2.24) is 0 Å². The van der Waals surface area contributed by atoms with Crippen LogP contribution in [0.15, 0.2) is 0 Å². The fourth-order valence-corrected chi connectivity index (χ4v) is 1.19. The van der Waals surface area contributed by atoms with Gasteiger partial charge in [0.05, 0.1) is 0 Å². The first-order valence-corrected chi connectivity index (χ1v) is 6.58. The van der Waals surface area contributed by atoms with Gasteiger partial charge in [0.25, 0.3) is 0 Å². The molecule has 0 bridgehead atoms. The zero-order valence-electron chi connectivity index (χ0n) is 13.6. The van der Waals surface area contributed by atoms with Gasteiger partial charge in [-0.2, -0.15) is 0 Å². The molecule has 0 saturated carbocycles. The van der Waals surface area contributed by atoms with Gasteiger partial charge >= 0.3 is 18.9 Å². The van der Waals surface area contributed by atoms with Gasteiger partial charge in [-0.15, -0.1) is 25.2 Å². The van der Waals surface area contributed by atoms with E-state index in [2.05, 4.69) is 66.0 Å². The first kappa shape index (κ1) is 22.7. The van der Waals surface area contributed by atoms with Gasteiger partial charge in [0.15, 0.2) is 0 Å². The van der Waals surface area contributed by atoms with E-state index in [1.807, 2.05) is 0 Å². The topological polar surface area (TPSA) is 28.2 Å². The smallest absolute Gasteiger partial charge is 0.662 e. The van der Waals surface area contributed by atoms with Crippen molar-refractivity contribution >= 4 is 0 Å². The van der Waals surface area contributed by atoms with Crippen molar-refractivity contribution in [3.05, 3.63) is 10.6 Å². The molecule has 0 saturated heterocycles. The molecule has 0 aliphatic carbocycles. The second-order valence-corrected chi connectivity index (χ2v) is 5.71. The fraction of sp³-hybridized carbons (Fsp3) is 1.00. The van der Waals surface area contributed by atoms with Crippen LogP contribution in [0, 0.1) is 11.8 Å². The van der Waals surface area contributed by atoms with Gasteiger partial charge in [-0.1, -0.05) is 67.2 Å². The van der Waals surface area contributed by atoms with Gasteiger partial charge in [-0.25, -0.2) is 0 Å². The number of hydrogen-bond donors (Lipinski definition) is 0. The molecule has 0 aromatic heterocycles. The number of nitrogens with zero attached hydrogens (tertiary/aromatic N) is 2. The van der Waals surface area contributed by atoms with Crippen molar-refractivity contribution in [2.75, 3.05) is 13.1 Å². The summed E-state index contributed by atoms with van der Waals surface area (Å²) < 4.78 is 0. The third-order valence-corrected chi connectivity index (χ3v) is 1.58. The first-order chi connectivity index (χ1) is 7.25. The predicted molar refractivity (Wildman–Crippen MR) is 76.4 cm³/mol. The molecule has 0 aliphatic rings. The summed E-state index contributed by atoms with van der Waals surface area (Å²) in [5, 5.41) is 8.65. The van der Waals surface area contributed by atoms with Crippen molar-refractivity contribution in [2.45, 2.75) is 67.5 Å². The summed E-state index contributed by atoms with van der Waals surface area (Å²) in [7, 11) is 0. The Kier molecular flexibility index (Phi) is 19.4. The van der Waals surface area contributed by atoms with Gasteiger partial charge < -0.3 is 10.6 Å². The maximum Gasteiger partial charge on any atom is 1.00 e. The molecule has 0 aromatic rings. The van der Waals surface area contributed by atoms with Crippen molar-refractivity contribution in [3.63, 3.8) is 0 Å². The third-order valence-electron chi connectivity index (χ3n) is 1.58. The Morgan fingerprint density at radius 3 is 1.06 bits per heavy atom. The molecular weight excluding hydrogens is 203 g/mol. The SMILES string of the molecule is CC(C)C[N-]CC(C)C.CC(C)[N-]C(C)C.[Li+]. The Morgan fingerprint density at radius 2 is 0.941 bits per heavy atom. The van der Waals surface area contributed by atoms with Gasteiger partial charge in [-0.3, -0.25) is 0 Å². The van der Waals surface area contributed by atoms with Crippen LogP contribution in [0.5, 0.6) is 0 Å². The number of rotatable bonds is 6. The Hall–Kier alpha value is 0.517. The van der Waals surface area contributed by atoms with E-state index >= 15 is 0 Å². The second-order valence-electron chi connectivity index (χ2n) is 5.71. The summed E-state index contributed by atoms with van der Waals surface area (Å²) in [4.78, 5) is 0. The van der Waals surface area contributed by atoms with E-state index in [4.69, 9.17) is 0 Å². The molecule has 0 rings (SSSR count). The molecule has 0 aliphatic heterocycles. The third kappa shape index (κ3) is 31.5. The molecule has 2 nitrogen and oxygen atoms in total. The Balaban J connectivity index is -0.000000224. The van der Waals surface area contributed by atoms with E-state index < -0.39 is 0 Å². The molecule has 0 radical (unpaired) electrons. The quantitative estimate of drug-likeness (QED) is 0.629. The minimum absolute atomic E-state index is 0. The minimum atomic E-state index is 0. The maximum absolute atomic E-state index is 4.37. The largest absolute Gasteiger partial charge is 1.00 e. The van der Waals surface area contributed by atoms with Crippen molar-refractivity contribution in [1.29, 1.82) is 0 Å². The standard InChI is InChI=1S/C8H18N.C6H14N.Li/c1-7(2)5-9-6-8(3)4;1-5(2)7-6(3)4;/h7-8H,5-6H2,1-4H3;5-6H,1-4H3;/q2*-1;+1. The average molecular weight is 235 g/mol. The summed E-state index contributed by atoms with van der Waals surface area (Å²) in [6, 6.07) is 1.000. The molecule has 0 heterocycles. The summed E-state index contributed by atoms with van der Waals surface area (Å²) in [6.45, 7) is 19.2. The van der Waals surface area contributed by atoms with Gasteiger partial charge in [0.2, 0.25) is 0 Å². The molecule has 3 heteroatoms. The van der Waals surface area contributed by atoms with E-state index in [9.17, 15) is 0 Å². The van der Waals surface area contributed by atoms with Crippen LogP contribution in [0.2, 0.25) is 0 Å². The summed E-state index contributed by atoms with van der Waals surface area (Å²) in [5.41, 5.74) is 0. The van der Waals surface area contributed by atoms with Crippen LogP contribution in [-0.2, 0) is 0 Å². The maximum atomic E-state index is 4.37. The van der Waals surface area contributed by atoms with E-state index in [1.54, 1.807) is 0 Å². The van der Waals surface area contributed by atoms with Crippen molar-refractivity contribution in [3.8, 4) is 0 Å². The van der Waals surface area contributed by atoms with Crippen LogP contribution in [0.3, 0.4) is 0 Å². The summed E-state index contributed by atoms with van der Waals surface area (Å²) in [6.07, 6.45) is 0. The van der Waals surface area contributed by atoms with Crippen LogP contribution in [0.25, 0.3) is 10.6 Å². The van der Waals surface area contributed by atoms with Gasteiger partial charge in [-0.05, 0) is 0 Å². The second kappa shape index (κ2) is 14.6. The van der Waals surface area contributed by atoms with Gasteiger partial charge in [0.1, 0.15) is 0 Å². The van der Waals surface area contributed by atoms with E-state index in [0.717, 1.165) is 24.9 Å². The average Bonchev–Trinajstić information content (AvgIpc) is 2.00. The van der Waals surface area contributed by atoms with Crippen molar-refractivity contribution < 1.29 is 18.9 Å². The van der Waals surface area contributed by atoms with E-state index in [-0.39, 0.29) is 18.9 Å². The molecule has 0 atom stereocenters. The predicted octanol–water partition coefficient (Wildman–Crippen LogP) is 1.85. The summed E-state index contributed by atoms with van der Waals surface area (Å²) in [5.74, 6) is 1.45. The van der Waals surface area contributed by atoms with Gasteiger partial charge in [0, 0.05) is 0 Å². The first-order valence-electron chi connectivity index (χ1n) is 6.58. The number of hydrogen-bond acceptors (Lipinski definition) is 0. The van der Waals surface area contributed by atoms with E-state index in [1.165, 1.54) is 0 Å². The van der Waals surface area contributed by atoms with Crippen LogP contribution in [0.1, 0.15) is 55.4 Å². The molecule has 0 N–H and O–H groups in total. The van der Waals surface area contributed by atoms with Crippen LogP contribution in [-0.4, -0.2) is 25.2 Å². The zero-order valence-corrected chi connectivity index (χ0v) is 13.6.